The van der Waals surface area contributed by atoms with E-state index in [9.17, 15) is 13.2 Å². The number of amides is 1. The molecule has 0 bridgehead atoms. The first kappa shape index (κ1) is 18.6. The summed E-state index contributed by atoms with van der Waals surface area (Å²) in [6.07, 6.45) is 2.45. The number of benzene rings is 2. The highest BCUT2D eigenvalue weighted by Gasteiger charge is 2.29. The molecule has 3 rings (SSSR count). The highest BCUT2D eigenvalue weighted by molar-refractivity contribution is 7.89. The van der Waals surface area contributed by atoms with E-state index < -0.39 is 10.0 Å². The van der Waals surface area contributed by atoms with Crippen LogP contribution >= 0.6 is 0 Å². The number of carbonyl (C=O) groups is 1. The molecule has 0 atom stereocenters. The van der Waals surface area contributed by atoms with Crippen LogP contribution in [-0.4, -0.2) is 37.8 Å². The molecule has 5 nitrogen and oxygen atoms in total. The highest BCUT2D eigenvalue weighted by atomic mass is 32.2. The van der Waals surface area contributed by atoms with Gasteiger partial charge >= 0.3 is 0 Å². The lowest BCUT2D eigenvalue weighted by molar-refractivity contribution is -0.122. The molecular weight excluding hydrogens is 348 g/mol. The van der Waals surface area contributed by atoms with E-state index in [0.29, 0.717) is 43.7 Å². The number of hydrogen-bond donors (Lipinski definition) is 1. The predicted octanol–water partition coefficient (Wildman–Crippen LogP) is 2.59. The van der Waals surface area contributed by atoms with Crippen molar-refractivity contribution in [2.24, 2.45) is 0 Å². The summed E-state index contributed by atoms with van der Waals surface area (Å²) < 4.78 is 26.7. The SMILES string of the molecule is O=C(CCc1ccccc1)NC1CCN(S(=O)(=O)c2ccccc2)CC1. The van der Waals surface area contributed by atoms with Crippen molar-refractivity contribution < 1.29 is 13.2 Å². The Labute approximate surface area is 155 Å². The summed E-state index contributed by atoms with van der Waals surface area (Å²) in [4.78, 5) is 12.5. The Morgan fingerprint density at radius 2 is 1.54 bits per heavy atom. The van der Waals surface area contributed by atoms with Crippen molar-refractivity contribution in [3.63, 3.8) is 0 Å². The van der Waals surface area contributed by atoms with E-state index in [1.54, 1.807) is 30.3 Å². The summed E-state index contributed by atoms with van der Waals surface area (Å²) in [5, 5.41) is 3.04. The molecule has 0 saturated carbocycles. The van der Waals surface area contributed by atoms with Crippen LogP contribution in [0.4, 0.5) is 0 Å². The lowest BCUT2D eigenvalue weighted by Gasteiger charge is -2.31. The fourth-order valence-electron chi connectivity index (χ4n) is 3.18. The van der Waals surface area contributed by atoms with Crippen molar-refractivity contribution in [2.45, 2.75) is 36.6 Å². The number of piperidine rings is 1. The van der Waals surface area contributed by atoms with Gasteiger partial charge in [0.1, 0.15) is 0 Å². The molecule has 1 fully saturated rings. The van der Waals surface area contributed by atoms with Crippen LogP contribution in [0.5, 0.6) is 0 Å². The average molecular weight is 372 g/mol. The first-order chi connectivity index (χ1) is 12.6. The van der Waals surface area contributed by atoms with E-state index >= 15 is 0 Å². The van der Waals surface area contributed by atoms with Gasteiger partial charge in [-0.3, -0.25) is 4.79 Å². The number of carbonyl (C=O) groups excluding carboxylic acids is 1. The van der Waals surface area contributed by atoms with Crippen LogP contribution in [0.25, 0.3) is 0 Å². The lowest BCUT2D eigenvalue weighted by atomic mass is 10.1. The van der Waals surface area contributed by atoms with Gasteiger partial charge in [-0.2, -0.15) is 4.31 Å². The largest absolute Gasteiger partial charge is 0.353 e. The van der Waals surface area contributed by atoms with E-state index in [1.165, 1.54) is 4.31 Å². The first-order valence-electron chi connectivity index (χ1n) is 8.94. The van der Waals surface area contributed by atoms with Gasteiger partial charge in [-0.1, -0.05) is 48.5 Å². The van der Waals surface area contributed by atoms with Gasteiger partial charge in [0.05, 0.1) is 4.90 Å². The monoisotopic (exact) mass is 372 g/mol. The fraction of sp³-hybridized carbons (Fsp3) is 0.350. The maximum Gasteiger partial charge on any atom is 0.243 e. The summed E-state index contributed by atoms with van der Waals surface area (Å²) in [5.74, 6) is 0.0261. The van der Waals surface area contributed by atoms with Gasteiger partial charge in [-0.15, -0.1) is 0 Å². The standard InChI is InChI=1S/C20H24N2O3S/c23-20(12-11-17-7-3-1-4-8-17)21-18-13-15-22(16-14-18)26(24,25)19-9-5-2-6-10-19/h1-10,18H,11-16H2,(H,21,23). The molecule has 0 aromatic heterocycles. The Hall–Kier alpha value is -2.18. The van der Waals surface area contributed by atoms with Crippen molar-refractivity contribution in [1.29, 1.82) is 0 Å². The van der Waals surface area contributed by atoms with E-state index in [0.717, 1.165) is 5.56 Å². The van der Waals surface area contributed by atoms with Crippen LogP contribution in [0.3, 0.4) is 0 Å². The molecule has 0 spiro atoms. The maximum absolute atomic E-state index is 12.6. The third-order valence-electron chi connectivity index (χ3n) is 4.68. The van der Waals surface area contributed by atoms with Gasteiger partial charge in [0, 0.05) is 25.6 Å². The fourth-order valence-corrected chi connectivity index (χ4v) is 4.68. The van der Waals surface area contributed by atoms with E-state index in [4.69, 9.17) is 0 Å². The Bertz CT molecular complexity index is 815. The molecule has 0 unspecified atom stereocenters. The minimum absolute atomic E-state index is 0.0261. The molecule has 1 saturated heterocycles. The molecule has 6 heteroatoms. The second kappa shape index (κ2) is 8.47. The summed E-state index contributed by atoms with van der Waals surface area (Å²) in [7, 11) is -3.44. The number of nitrogens with one attached hydrogen (secondary N) is 1. The minimum Gasteiger partial charge on any atom is -0.353 e. The molecule has 2 aromatic rings. The predicted molar refractivity (Wildman–Crippen MR) is 101 cm³/mol. The molecular formula is C20H24N2O3S. The van der Waals surface area contributed by atoms with Crippen LogP contribution in [-0.2, 0) is 21.2 Å². The van der Waals surface area contributed by atoms with Crippen LogP contribution in [0.2, 0.25) is 0 Å². The third-order valence-corrected chi connectivity index (χ3v) is 6.60. The normalized spacial score (nSPS) is 16.3. The van der Waals surface area contributed by atoms with Gasteiger partial charge in [-0.05, 0) is 37.0 Å². The molecule has 1 heterocycles. The molecule has 0 aliphatic carbocycles. The first-order valence-corrected chi connectivity index (χ1v) is 10.4. The second-order valence-corrected chi connectivity index (χ2v) is 8.48. The zero-order chi connectivity index (χ0) is 18.4. The quantitative estimate of drug-likeness (QED) is 0.848. The summed E-state index contributed by atoms with van der Waals surface area (Å²) in [5.41, 5.74) is 1.14. The number of rotatable bonds is 6. The van der Waals surface area contributed by atoms with Crippen molar-refractivity contribution in [3.8, 4) is 0 Å². The Morgan fingerprint density at radius 3 is 2.15 bits per heavy atom. The number of aryl methyl sites for hydroxylation is 1. The molecule has 2 aromatic carbocycles. The maximum atomic E-state index is 12.6. The van der Waals surface area contributed by atoms with Crippen LogP contribution < -0.4 is 5.32 Å². The topological polar surface area (TPSA) is 66.5 Å². The molecule has 1 amide bonds. The molecule has 26 heavy (non-hydrogen) atoms. The van der Waals surface area contributed by atoms with Crippen molar-refractivity contribution in [3.05, 3.63) is 66.2 Å². The van der Waals surface area contributed by atoms with Crippen molar-refractivity contribution in [1.82, 2.24) is 9.62 Å². The third kappa shape index (κ3) is 4.71. The molecule has 138 valence electrons. The highest BCUT2D eigenvalue weighted by Crippen LogP contribution is 2.20. The zero-order valence-corrected chi connectivity index (χ0v) is 15.5. The number of sulfonamides is 1. The van der Waals surface area contributed by atoms with E-state index in [2.05, 4.69) is 5.32 Å². The molecule has 1 aliphatic rings. The van der Waals surface area contributed by atoms with Crippen LogP contribution in [0, 0.1) is 0 Å². The van der Waals surface area contributed by atoms with Gasteiger partial charge < -0.3 is 5.32 Å². The van der Waals surface area contributed by atoms with Crippen LogP contribution in [0.15, 0.2) is 65.6 Å². The summed E-state index contributed by atoms with van der Waals surface area (Å²) >= 11 is 0. The average Bonchev–Trinajstić information content (AvgIpc) is 2.68. The Kier molecular flexibility index (Phi) is 6.06. The summed E-state index contributed by atoms with van der Waals surface area (Å²) in [6.45, 7) is 0.863. The minimum atomic E-state index is -3.44. The van der Waals surface area contributed by atoms with Crippen LogP contribution in [0.1, 0.15) is 24.8 Å². The van der Waals surface area contributed by atoms with Crippen molar-refractivity contribution >= 4 is 15.9 Å². The summed E-state index contributed by atoms with van der Waals surface area (Å²) in [6, 6.07) is 18.5. The van der Waals surface area contributed by atoms with Crippen molar-refractivity contribution in [2.75, 3.05) is 13.1 Å². The molecule has 1 N–H and O–H groups in total. The lowest BCUT2D eigenvalue weighted by Crippen LogP contribution is -2.46. The molecule has 0 radical (unpaired) electrons. The van der Waals surface area contributed by atoms with Gasteiger partial charge in [0.2, 0.25) is 15.9 Å². The Balaban J connectivity index is 1.47. The van der Waals surface area contributed by atoms with Gasteiger partial charge in [0.25, 0.3) is 0 Å². The second-order valence-electron chi connectivity index (χ2n) is 6.54. The zero-order valence-electron chi connectivity index (χ0n) is 14.7. The van der Waals surface area contributed by atoms with Gasteiger partial charge in [0.15, 0.2) is 0 Å². The smallest absolute Gasteiger partial charge is 0.243 e. The van der Waals surface area contributed by atoms with E-state index in [-0.39, 0.29) is 11.9 Å². The molecule has 1 aliphatic heterocycles. The Morgan fingerprint density at radius 1 is 0.962 bits per heavy atom. The number of hydrogen-bond acceptors (Lipinski definition) is 3. The number of nitrogens with zero attached hydrogens (tertiary/aromatic N) is 1. The van der Waals surface area contributed by atoms with E-state index in [1.807, 2.05) is 30.3 Å². The van der Waals surface area contributed by atoms with Gasteiger partial charge in [-0.25, -0.2) is 8.42 Å².